The maximum Gasteiger partial charge on any atom is 0.237 e. The van der Waals surface area contributed by atoms with E-state index < -0.39 is 6.10 Å². The number of hydrogen-bond acceptors (Lipinski definition) is 4. The Labute approximate surface area is 119 Å². The summed E-state index contributed by atoms with van der Waals surface area (Å²) in [5, 5.41) is 16.1. The molecule has 1 fully saturated rings. The molecule has 1 aromatic rings. The van der Waals surface area contributed by atoms with Gasteiger partial charge < -0.3 is 20.5 Å². The maximum atomic E-state index is 12.0. The molecule has 1 heterocycles. The van der Waals surface area contributed by atoms with E-state index in [0.717, 1.165) is 25.8 Å². The first kappa shape index (κ1) is 14.8. The number of carbonyl (C=O) groups excluding carboxylic acids is 1. The number of aliphatic hydroxyl groups is 1. The topological polar surface area (TPSA) is 70.6 Å². The monoisotopic (exact) mass is 278 g/mol. The van der Waals surface area contributed by atoms with Gasteiger partial charge in [-0.15, -0.1) is 0 Å². The van der Waals surface area contributed by atoms with E-state index >= 15 is 0 Å². The fourth-order valence-electron chi connectivity index (χ4n) is 2.45. The lowest BCUT2D eigenvalue weighted by atomic mass is 10.0. The predicted octanol–water partition coefficient (Wildman–Crippen LogP) is 0.987. The molecule has 0 radical (unpaired) electrons. The summed E-state index contributed by atoms with van der Waals surface area (Å²) in [5.74, 6) is 0.587. The van der Waals surface area contributed by atoms with Crippen molar-refractivity contribution in [2.45, 2.75) is 31.4 Å². The van der Waals surface area contributed by atoms with E-state index in [2.05, 4.69) is 10.6 Å². The molecule has 1 saturated heterocycles. The number of nitrogens with one attached hydrogen (secondary N) is 2. The van der Waals surface area contributed by atoms with Crippen molar-refractivity contribution in [3.8, 4) is 5.75 Å². The molecule has 110 valence electrons. The van der Waals surface area contributed by atoms with E-state index in [0.29, 0.717) is 11.3 Å². The third-order valence-corrected chi connectivity index (χ3v) is 3.59. The molecule has 3 N–H and O–H groups in total. The van der Waals surface area contributed by atoms with Crippen LogP contribution in [0.25, 0.3) is 0 Å². The van der Waals surface area contributed by atoms with Crippen molar-refractivity contribution in [3.05, 3.63) is 29.8 Å². The van der Waals surface area contributed by atoms with Gasteiger partial charge in [-0.05, 0) is 25.5 Å². The van der Waals surface area contributed by atoms with Gasteiger partial charge >= 0.3 is 0 Å². The Balaban J connectivity index is 1.88. The van der Waals surface area contributed by atoms with Crippen molar-refractivity contribution in [1.29, 1.82) is 0 Å². The summed E-state index contributed by atoms with van der Waals surface area (Å²) in [7, 11) is 1.57. The lowest BCUT2D eigenvalue weighted by molar-refractivity contribution is -0.124. The first-order valence-corrected chi connectivity index (χ1v) is 7.04. The van der Waals surface area contributed by atoms with E-state index in [4.69, 9.17) is 4.74 Å². The quantitative estimate of drug-likeness (QED) is 0.751. The van der Waals surface area contributed by atoms with Gasteiger partial charge in [0, 0.05) is 12.1 Å². The van der Waals surface area contributed by atoms with Crippen LogP contribution in [0.1, 0.15) is 30.9 Å². The van der Waals surface area contributed by atoms with Gasteiger partial charge in [0.15, 0.2) is 0 Å². The highest BCUT2D eigenvalue weighted by atomic mass is 16.5. The second-order valence-corrected chi connectivity index (χ2v) is 5.01. The van der Waals surface area contributed by atoms with E-state index in [1.165, 1.54) is 0 Å². The Kier molecular flexibility index (Phi) is 5.38. The Bertz CT molecular complexity index is 444. The molecule has 1 unspecified atom stereocenters. The first-order chi connectivity index (χ1) is 9.72. The van der Waals surface area contributed by atoms with Crippen LogP contribution >= 0.6 is 0 Å². The minimum absolute atomic E-state index is 0.0429. The second kappa shape index (κ2) is 7.26. The Morgan fingerprint density at radius 3 is 3.00 bits per heavy atom. The van der Waals surface area contributed by atoms with Crippen LogP contribution in [0.4, 0.5) is 0 Å². The standard InChI is InChI=1S/C15H22N2O3/c1-20-14-8-3-2-6-11(14)13(18)10-17-15(19)12-7-4-5-9-16-12/h2-3,6,8,12-13,16,18H,4-5,7,9-10H2,1H3,(H,17,19)/t12-,13?/m0/s1. The second-order valence-electron chi connectivity index (χ2n) is 5.01. The molecular formula is C15H22N2O3. The van der Waals surface area contributed by atoms with Crippen LogP contribution in [-0.2, 0) is 4.79 Å². The fourth-order valence-corrected chi connectivity index (χ4v) is 2.45. The molecule has 0 aromatic heterocycles. The molecule has 1 amide bonds. The van der Waals surface area contributed by atoms with Gasteiger partial charge in [-0.2, -0.15) is 0 Å². The van der Waals surface area contributed by atoms with Crippen LogP contribution in [0, 0.1) is 0 Å². The van der Waals surface area contributed by atoms with Crippen molar-refractivity contribution in [3.63, 3.8) is 0 Å². The minimum atomic E-state index is -0.765. The Morgan fingerprint density at radius 2 is 2.30 bits per heavy atom. The zero-order valence-electron chi connectivity index (χ0n) is 11.8. The van der Waals surface area contributed by atoms with Gasteiger partial charge in [0.05, 0.1) is 19.3 Å². The van der Waals surface area contributed by atoms with Gasteiger partial charge in [-0.3, -0.25) is 4.79 Å². The number of para-hydroxylation sites is 1. The van der Waals surface area contributed by atoms with Crippen LogP contribution < -0.4 is 15.4 Å². The number of amides is 1. The maximum absolute atomic E-state index is 12.0. The molecule has 0 saturated carbocycles. The third kappa shape index (κ3) is 3.71. The van der Waals surface area contributed by atoms with Crippen LogP contribution in [0.2, 0.25) is 0 Å². The number of aliphatic hydroxyl groups excluding tert-OH is 1. The largest absolute Gasteiger partial charge is 0.496 e. The highest BCUT2D eigenvalue weighted by molar-refractivity contribution is 5.81. The van der Waals surface area contributed by atoms with E-state index in [9.17, 15) is 9.90 Å². The summed E-state index contributed by atoms with van der Waals surface area (Å²) in [4.78, 5) is 12.0. The zero-order chi connectivity index (χ0) is 14.4. The van der Waals surface area contributed by atoms with Crippen molar-refractivity contribution in [2.24, 2.45) is 0 Å². The lowest BCUT2D eigenvalue weighted by Crippen LogP contribution is -2.47. The number of benzene rings is 1. The smallest absolute Gasteiger partial charge is 0.237 e. The van der Waals surface area contributed by atoms with Crippen LogP contribution in [-0.4, -0.2) is 37.3 Å². The first-order valence-electron chi connectivity index (χ1n) is 7.04. The van der Waals surface area contributed by atoms with Gasteiger partial charge in [0.1, 0.15) is 5.75 Å². The van der Waals surface area contributed by atoms with Gasteiger partial charge in [0.2, 0.25) is 5.91 Å². The molecule has 2 rings (SSSR count). The van der Waals surface area contributed by atoms with E-state index in [1.54, 1.807) is 19.2 Å². The van der Waals surface area contributed by atoms with Gasteiger partial charge in [-0.1, -0.05) is 24.6 Å². The third-order valence-electron chi connectivity index (χ3n) is 3.59. The number of rotatable bonds is 5. The van der Waals surface area contributed by atoms with Gasteiger partial charge in [-0.25, -0.2) is 0 Å². The molecule has 5 heteroatoms. The van der Waals surface area contributed by atoms with Crippen LogP contribution in [0.15, 0.2) is 24.3 Å². The zero-order valence-corrected chi connectivity index (χ0v) is 11.8. The van der Waals surface area contributed by atoms with Crippen molar-refractivity contribution >= 4 is 5.91 Å². The average molecular weight is 278 g/mol. The molecule has 0 bridgehead atoms. The van der Waals surface area contributed by atoms with Crippen LogP contribution in [0.3, 0.4) is 0 Å². The predicted molar refractivity (Wildman–Crippen MR) is 76.6 cm³/mol. The summed E-state index contributed by atoms with van der Waals surface area (Å²) < 4.78 is 5.20. The summed E-state index contributed by atoms with van der Waals surface area (Å²) in [6, 6.07) is 7.15. The number of ether oxygens (including phenoxy) is 1. The lowest BCUT2D eigenvalue weighted by Gasteiger charge is -2.23. The van der Waals surface area contributed by atoms with E-state index in [-0.39, 0.29) is 18.5 Å². The summed E-state index contributed by atoms with van der Waals surface area (Å²) >= 11 is 0. The Morgan fingerprint density at radius 1 is 1.50 bits per heavy atom. The molecule has 1 aliphatic rings. The number of hydrogen-bond donors (Lipinski definition) is 3. The van der Waals surface area contributed by atoms with Crippen molar-refractivity contribution in [1.82, 2.24) is 10.6 Å². The molecule has 1 aliphatic heterocycles. The average Bonchev–Trinajstić information content (AvgIpc) is 2.53. The van der Waals surface area contributed by atoms with Gasteiger partial charge in [0.25, 0.3) is 0 Å². The fraction of sp³-hybridized carbons (Fsp3) is 0.533. The summed E-state index contributed by atoms with van der Waals surface area (Å²) in [6.45, 7) is 1.07. The molecule has 1 aromatic carbocycles. The minimum Gasteiger partial charge on any atom is -0.496 e. The van der Waals surface area contributed by atoms with E-state index in [1.807, 2.05) is 12.1 Å². The Hall–Kier alpha value is -1.59. The molecule has 5 nitrogen and oxygen atoms in total. The molecular weight excluding hydrogens is 256 g/mol. The van der Waals surface area contributed by atoms with Crippen LogP contribution in [0.5, 0.6) is 5.75 Å². The SMILES string of the molecule is COc1ccccc1C(O)CNC(=O)[C@@H]1CCCCN1. The molecule has 2 atom stereocenters. The number of methoxy groups -OCH3 is 1. The normalized spacial score (nSPS) is 20.2. The highest BCUT2D eigenvalue weighted by Crippen LogP contribution is 2.24. The highest BCUT2D eigenvalue weighted by Gasteiger charge is 2.21. The molecule has 0 spiro atoms. The van der Waals surface area contributed by atoms with Crippen molar-refractivity contribution in [2.75, 3.05) is 20.2 Å². The number of piperidine rings is 1. The summed E-state index contributed by atoms with van der Waals surface area (Å²) in [6.07, 6.45) is 2.28. The molecule has 20 heavy (non-hydrogen) atoms. The number of carbonyl (C=O) groups is 1. The summed E-state index contributed by atoms with van der Waals surface area (Å²) in [5.41, 5.74) is 0.687. The van der Waals surface area contributed by atoms with Crippen molar-refractivity contribution < 1.29 is 14.6 Å². The molecule has 0 aliphatic carbocycles.